The molecule has 1 aromatic rings. The van der Waals surface area contributed by atoms with E-state index < -0.39 is 0 Å². The van der Waals surface area contributed by atoms with E-state index in [0.29, 0.717) is 16.1 Å². The highest BCUT2D eigenvalue weighted by Crippen LogP contribution is 2.23. The molecule has 0 aliphatic carbocycles. The monoisotopic (exact) mass is 291 g/mol. The molecule has 0 N–H and O–H groups in total. The maximum Gasteiger partial charge on any atom is 0.327 e. The molecule has 17 heavy (non-hydrogen) atoms. The maximum absolute atomic E-state index is 11.0. The molecule has 0 saturated carbocycles. The molecule has 0 amide bonds. The molecule has 6 heteroatoms. The number of halogens is 2. The Balaban J connectivity index is 2.48. The van der Waals surface area contributed by atoms with Gasteiger partial charge in [0.15, 0.2) is 4.50 Å². The lowest BCUT2D eigenvalue weighted by Crippen LogP contribution is -2.08. The van der Waals surface area contributed by atoms with Crippen molar-refractivity contribution < 1.29 is 9.53 Å². The van der Waals surface area contributed by atoms with Gasteiger partial charge in [-0.15, -0.1) is 0 Å². The number of thioether (sulfide) groups is 1. The summed E-state index contributed by atoms with van der Waals surface area (Å²) in [4.78, 5) is 15.8. The first-order valence-electron chi connectivity index (χ1n) is 4.90. The van der Waals surface area contributed by atoms with E-state index in [0.717, 1.165) is 4.90 Å². The first kappa shape index (κ1) is 14.4. The first-order chi connectivity index (χ1) is 8.11. The van der Waals surface area contributed by atoms with Crippen LogP contribution in [0.15, 0.2) is 34.2 Å². The van der Waals surface area contributed by atoms with Crippen LogP contribution in [0.5, 0.6) is 0 Å². The van der Waals surface area contributed by atoms with Crippen molar-refractivity contribution >= 4 is 45.4 Å². The van der Waals surface area contributed by atoms with Crippen molar-refractivity contribution in [2.24, 2.45) is 4.99 Å². The Morgan fingerprint density at radius 3 is 2.65 bits per heavy atom. The molecule has 0 aliphatic rings. The van der Waals surface area contributed by atoms with Crippen molar-refractivity contribution in [1.82, 2.24) is 0 Å². The largest absolute Gasteiger partial charge is 0.465 e. The number of rotatable bonds is 4. The standard InChI is InChI=1S/C11H11Cl2NO2S/c1-2-16-10(15)7-14-11(13)17-9-5-3-8(12)4-6-9/h3-6H,2,7H2,1H3. The lowest BCUT2D eigenvalue weighted by Gasteiger charge is -2.00. The Morgan fingerprint density at radius 1 is 1.41 bits per heavy atom. The summed E-state index contributed by atoms with van der Waals surface area (Å²) in [6, 6.07) is 7.18. The summed E-state index contributed by atoms with van der Waals surface area (Å²) in [6.45, 7) is 2.02. The molecule has 3 nitrogen and oxygen atoms in total. The lowest BCUT2D eigenvalue weighted by atomic mass is 10.4. The van der Waals surface area contributed by atoms with Gasteiger partial charge in [0.1, 0.15) is 6.54 Å². The van der Waals surface area contributed by atoms with E-state index in [1.165, 1.54) is 11.8 Å². The second-order valence-corrected chi connectivity index (χ2v) is 5.01. The number of hydrogen-bond acceptors (Lipinski definition) is 4. The van der Waals surface area contributed by atoms with Gasteiger partial charge in [-0.25, -0.2) is 0 Å². The fourth-order valence-electron chi connectivity index (χ4n) is 0.965. The molecule has 0 atom stereocenters. The second-order valence-electron chi connectivity index (χ2n) is 2.93. The summed E-state index contributed by atoms with van der Waals surface area (Å²) in [5.41, 5.74) is 0. The highest BCUT2D eigenvalue weighted by atomic mass is 35.5. The number of aliphatic imine (C=N–C) groups is 1. The van der Waals surface area contributed by atoms with Gasteiger partial charge in [-0.3, -0.25) is 9.79 Å². The summed E-state index contributed by atoms with van der Waals surface area (Å²) in [7, 11) is 0. The highest BCUT2D eigenvalue weighted by Gasteiger charge is 2.03. The van der Waals surface area contributed by atoms with Crippen LogP contribution in [0.2, 0.25) is 5.02 Å². The average molecular weight is 292 g/mol. The number of carbonyl (C=O) groups is 1. The molecule has 0 aliphatic heterocycles. The van der Waals surface area contributed by atoms with Crippen LogP contribution in [0.1, 0.15) is 6.92 Å². The van der Waals surface area contributed by atoms with Crippen LogP contribution in [0, 0.1) is 0 Å². The topological polar surface area (TPSA) is 38.7 Å². The van der Waals surface area contributed by atoms with Gasteiger partial charge in [0, 0.05) is 9.92 Å². The number of ether oxygens (including phenoxy) is 1. The van der Waals surface area contributed by atoms with Gasteiger partial charge in [0.05, 0.1) is 6.61 Å². The maximum atomic E-state index is 11.0. The van der Waals surface area contributed by atoms with Crippen LogP contribution in [-0.4, -0.2) is 23.6 Å². The Hall–Kier alpha value is -0.710. The molecule has 0 bridgehead atoms. The van der Waals surface area contributed by atoms with E-state index in [4.69, 9.17) is 27.9 Å². The molecule has 0 spiro atoms. The highest BCUT2D eigenvalue weighted by molar-refractivity contribution is 8.16. The summed E-state index contributed by atoms with van der Waals surface area (Å²) < 4.78 is 5.02. The van der Waals surface area contributed by atoms with Crippen LogP contribution in [0.3, 0.4) is 0 Å². The summed E-state index contributed by atoms with van der Waals surface area (Å²) in [5.74, 6) is -0.387. The van der Waals surface area contributed by atoms with Crippen LogP contribution < -0.4 is 0 Å². The zero-order valence-electron chi connectivity index (χ0n) is 9.15. The van der Waals surface area contributed by atoms with Gasteiger partial charge in [-0.05, 0) is 31.2 Å². The quantitative estimate of drug-likeness (QED) is 0.368. The van der Waals surface area contributed by atoms with E-state index in [2.05, 4.69) is 4.99 Å². The van der Waals surface area contributed by atoms with Gasteiger partial charge in [0.2, 0.25) is 0 Å². The zero-order valence-corrected chi connectivity index (χ0v) is 11.5. The van der Waals surface area contributed by atoms with Crippen LogP contribution >= 0.6 is 35.0 Å². The smallest absolute Gasteiger partial charge is 0.327 e. The summed E-state index contributed by atoms with van der Waals surface area (Å²) in [5, 5.41) is 0.661. The third-order valence-corrected chi connectivity index (χ3v) is 3.06. The van der Waals surface area contributed by atoms with Crippen LogP contribution in [-0.2, 0) is 9.53 Å². The Labute approximate surface area is 114 Å². The minimum atomic E-state index is -0.387. The van der Waals surface area contributed by atoms with Crippen molar-refractivity contribution in [3.05, 3.63) is 29.3 Å². The minimum Gasteiger partial charge on any atom is -0.465 e. The minimum absolute atomic E-state index is 0.0622. The average Bonchev–Trinajstić information content (AvgIpc) is 2.30. The number of nitrogens with zero attached hydrogens (tertiary/aromatic N) is 1. The number of esters is 1. The lowest BCUT2D eigenvalue weighted by molar-refractivity contribution is -0.141. The molecule has 92 valence electrons. The zero-order chi connectivity index (χ0) is 12.7. The number of hydrogen-bond donors (Lipinski definition) is 0. The predicted octanol–water partition coefficient (Wildman–Crippen LogP) is 3.59. The molecule has 0 aromatic heterocycles. The summed E-state index contributed by atoms with van der Waals surface area (Å²) in [6.07, 6.45) is 0. The number of benzene rings is 1. The van der Waals surface area contributed by atoms with Gasteiger partial charge < -0.3 is 4.74 Å². The SMILES string of the molecule is CCOC(=O)CN=C(Cl)Sc1ccc(Cl)cc1. The van der Waals surface area contributed by atoms with Crippen molar-refractivity contribution in [2.75, 3.05) is 13.2 Å². The van der Waals surface area contributed by atoms with E-state index in [-0.39, 0.29) is 12.5 Å². The van der Waals surface area contributed by atoms with Gasteiger partial charge in [-0.1, -0.05) is 35.0 Å². The number of carbonyl (C=O) groups excluding carboxylic acids is 1. The third kappa shape index (κ3) is 5.96. The molecule has 0 unspecified atom stereocenters. The van der Waals surface area contributed by atoms with E-state index in [9.17, 15) is 4.79 Å². The molecule has 0 saturated heterocycles. The molecular formula is C11H11Cl2NO2S. The molecule has 1 aromatic carbocycles. The van der Waals surface area contributed by atoms with E-state index in [1.54, 1.807) is 19.1 Å². The van der Waals surface area contributed by atoms with Crippen LogP contribution in [0.25, 0.3) is 0 Å². The Bertz CT molecular complexity index is 406. The second kappa shape index (κ2) is 7.58. The van der Waals surface area contributed by atoms with E-state index >= 15 is 0 Å². The first-order valence-corrected chi connectivity index (χ1v) is 6.48. The normalized spacial score (nSPS) is 11.4. The molecule has 0 radical (unpaired) electrons. The molecule has 0 fully saturated rings. The summed E-state index contributed by atoms with van der Waals surface area (Å²) >= 11 is 12.9. The molecule has 1 rings (SSSR count). The van der Waals surface area contributed by atoms with Gasteiger partial charge in [0.25, 0.3) is 0 Å². The van der Waals surface area contributed by atoms with Crippen molar-refractivity contribution in [2.45, 2.75) is 11.8 Å². The van der Waals surface area contributed by atoms with Crippen molar-refractivity contribution in [3.8, 4) is 0 Å². The van der Waals surface area contributed by atoms with Gasteiger partial charge in [-0.2, -0.15) is 0 Å². The Morgan fingerprint density at radius 2 is 2.06 bits per heavy atom. The van der Waals surface area contributed by atoms with Gasteiger partial charge >= 0.3 is 5.97 Å². The fourth-order valence-corrected chi connectivity index (χ4v) is 2.01. The molecule has 0 heterocycles. The van der Waals surface area contributed by atoms with Crippen LogP contribution in [0.4, 0.5) is 0 Å². The fraction of sp³-hybridized carbons (Fsp3) is 0.273. The molecular weight excluding hydrogens is 281 g/mol. The van der Waals surface area contributed by atoms with Crippen molar-refractivity contribution in [3.63, 3.8) is 0 Å². The van der Waals surface area contributed by atoms with E-state index in [1.807, 2.05) is 12.1 Å². The Kier molecular flexibility index (Phi) is 6.40. The van der Waals surface area contributed by atoms with Crippen molar-refractivity contribution in [1.29, 1.82) is 0 Å². The third-order valence-electron chi connectivity index (χ3n) is 1.65. The predicted molar refractivity (Wildman–Crippen MR) is 72.1 cm³/mol.